The van der Waals surface area contributed by atoms with Crippen LogP contribution >= 0.6 is 0 Å². The number of rotatable bonds is 9. The zero-order chi connectivity index (χ0) is 20.6. The summed E-state index contributed by atoms with van der Waals surface area (Å²) in [5, 5.41) is 4.19. The molecule has 29 heavy (non-hydrogen) atoms. The number of ether oxygens (including phenoxy) is 3. The number of hydrogen-bond donors (Lipinski definition) is 1. The number of furan rings is 1. The van der Waals surface area contributed by atoms with Crippen LogP contribution in [0.4, 0.5) is 4.79 Å². The summed E-state index contributed by atoms with van der Waals surface area (Å²) in [6, 6.07) is 9.52. The van der Waals surface area contributed by atoms with Gasteiger partial charge in [0.1, 0.15) is 11.3 Å². The second-order valence-electron chi connectivity index (χ2n) is 6.68. The molecule has 3 aromatic rings. The molecule has 1 aromatic carbocycles. The van der Waals surface area contributed by atoms with E-state index in [1.807, 2.05) is 50.4 Å². The summed E-state index contributed by atoms with van der Waals surface area (Å²) in [5.41, 5.74) is 2.45. The van der Waals surface area contributed by atoms with Crippen LogP contribution in [0.25, 0.3) is 11.0 Å². The largest absolute Gasteiger partial charge is 0.516 e. The van der Waals surface area contributed by atoms with E-state index in [1.165, 1.54) is 0 Å². The fourth-order valence-corrected chi connectivity index (χ4v) is 2.98. The number of hydrogen-bond acceptors (Lipinski definition) is 7. The number of carbonyl (C=O) groups is 1. The third-order valence-corrected chi connectivity index (χ3v) is 4.42. The summed E-state index contributed by atoms with van der Waals surface area (Å²) in [5.74, 6) is 0.822. The summed E-state index contributed by atoms with van der Waals surface area (Å²) >= 11 is 0. The van der Waals surface area contributed by atoms with E-state index in [2.05, 4.69) is 10.3 Å². The van der Waals surface area contributed by atoms with Gasteiger partial charge in [0, 0.05) is 24.5 Å². The molecule has 0 spiro atoms. The van der Waals surface area contributed by atoms with Crippen molar-refractivity contribution in [2.24, 2.45) is 0 Å². The number of nitrogens with one attached hydrogen (secondary N) is 1. The summed E-state index contributed by atoms with van der Waals surface area (Å²) < 4.78 is 21.8. The fourth-order valence-electron chi connectivity index (χ4n) is 2.98. The number of aromatic nitrogens is 1. The Morgan fingerprint density at radius 2 is 2.14 bits per heavy atom. The smallest absolute Gasteiger partial charge is 0.490 e. The molecular formula is C22H26N2O5. The molecule has 1 unspecified atom stereocenters. The van der Waals surface area contributed by atoms with Crippen LogP contribution < -0.4 is 14.8 Å². The monoisotopic (exact) mass is 398 g/mol. The molecule has 1 atom stereocenters. The Kier molecular flexibility index (Phi) is 7.08. The van der Waals surface area contributed by atoms with Crippen molar-refractivity contribution in [1.29, 1.82) is 0 Å². The van der Waals surface area contributed by atoms with Gasteiger partial charge in [-0.3, -0.25) is 4.98 Å². The Morgan fingerprint density at radius 3 is 2.90 bits per heavy atom. The van der Waals surface area contributed by atoms with E-state index in [1.54, 1.807) is 13.1 Å². The van der Waals surface area contributed by atoms with E-state index in [0.29, 0.717) is 16.9 Å². The van der Waals surface area contributed by atoms with Gasteiger partial charge in [0.05, 0.1) is 18.1 Å². The molecule has 3 rings (SSSR count). The first-order valence-corrected chi connectivity index (χ1v) is 9.71. The predicted molar refractivity (Wildman–Crippen MR) is 109 cm³/mol. The summed E-state index contributed by atoms with van der Waals surface area (Å²) in [7, 11) is 0. The number of fused-ring (bicyclic) bond motifs is 1. The lowest BCUT2D eigenvalue weighted by Gasteiger charge is -2.16. The third-order valence-electron chi connectivity index (χ3n) is 4.42. The average molecular weight is 398 g/mol. The van der Waals surface area contributed by atoms with Crippen molar-refractivity contribution in [3.63, 3.8) is 0 Å². The zero-order valence-electron chi connectivity index (χ0n) is 16.9. The molecular weight excluding hydrogens is 372 g/mol. The average Bonchev–Trinajstić information content (AvgIpc) is 3.02. The quantitative estimate of drug-likeness (QED) is 0.416. The molecule has 2 heterocycles. The van der Waals surface area contributed by atoms with Gasteiger partial charge in [0.15, 0.2) is 0 Å². The van der Waals surface area contributed by atoms with Gasteiger partial charge < -0.3 is 23.9 Å². The molecule has 7 nitrogen and oxygen atoms in total. The normalized spacial score (nSPS) is 12.0. The molecule has 1 N–H and O–H groups in total. The minimum absolute atomic E-state index is 0.00859. The molecule has 0 saturated heterocycles. The number of aryl methyl sites for hydroxylation is 1. The number of pyridine rings is 1. The summed E-state index contributed by atoms with van der Waals surface area (Å²) in [6.07, 6.45) is 3.65. The first-order chi connectivity index (χ1) is 14.1. The van der Waals surface area contributed by atoms with Gasteiger partial charge in [0.25, 0.3) is 5.95 Å². The maximum atomic E-state index is 11.6. The van der Waals surface area contributed by atoms with Crippen LogP contribution in [0, 0.1) is 6.92 Å². The summed E-state index contributed by atoms with van der Waals surface area (Å²) in [4.78, 5) is 15.7. The first kappa shape index (κ1) is 20.7. The second-order valence-corrected chi connectivity index (χ2v) is 6.68. The fraction of sp³-hybridized carbons (Fsp3) is 0.364. The van der Waals surface area contributed by atoms with Crippen LogP contribution in [0.5, 0.6) is 11.7 Å². The van der Waals surface area contributed by atoms with Crippen LogP contribution in [0.15, 0.2) is 47.1 Å². The van der Waals surface area contributed by atoms with E-state index in [9.17, 15) is 4.79 Å². The van der Waals surface area contributed by atoms with Gasteiger partial charge in [-0.1, -0.05) is 12.1 Å². The Bertz CT molecular complexity index is 939. The van der Waals surface area contributed by atoms with Crippen molar-refractivity contribution in [2.45, 2.75) is 39.8 Å². The standard InChI is InChI=1S/C22H26N2O5/c1-4-26-22(25)29-21-16(3)20-18(8-5-9-19(20)28-21)27-15(2)10-12-24-14-17-7-6-11-23-13-17/h5-9,11,13,15,24H,4,10,12,14H2,1-3H3. The van der Waals surface area contributed by atoms with E-state index in [4.69, 9.17) is 18.6 Å². The minimum atomic E-state index is -0.787. The van der Waals surface area contributed by atoms with Crippen molar-refractivity contribution in [3.05, 3.63) is 53.9 Å². The Balaban J connectivity index is 1.60. The number of nitrogens with zero attached hydrogens (tertiary/aromatic N) is 1. The molecule has 0 amide bonds. The van der Waals surface area contributed by atoms with Crippen LogP contribution in [0.1, 0.15) is 31.4 Å². The van der Waals surface area contributed by atoms with E-state index in [0.717, 1.165) is 30.5 Å². The van der Waals surface area contributed by atoms with Crippen molar-refractivity contribution < 1.29 is 23.4 Å². The molecule has 0 fully saturated rings. The van der Waals surface area contributed by atoms with Gasteiger partial charge in [0.2, 0.25) is 0 Å². The Hall–Kier alpha value is -3.06. The molecule has 2 aromatic heterocycles. The SMILES string of the molecule is CCOC(=O)Oc1oc2cccc(OC(C)CCNCc3cccnc3)c2c1C. The molecule has 0 radical (unpaired) electrons. The molecule has 0 aliphatic carbocycles. The van der Waals surface area contributed by atoms with E-state index >= 15 is 0 Å². The molecule has 7 heteroatoms. The van der Waals surface area contributed by atoms with Crippen molar-refractivity contribution in [1.82, 2.24) is 10.3 Å². The molecule has 154 valence electrons. The van der Waals surface area contributed by atoms with Crippen molar-refractivity contribution >= 4 is 17.1 Å². The highest BCUT2D eigenvalue weighted by molar-refractivity contribution is 5.89. The second kappa shape index (κ2) is 9.93. The Morgan fingerprint density at radius 1 is 1.28 bits per heavy atom. The third kappa shape index (κ3) is 5.48. The Labute approximate surface area is 170 Å². The number of benzene rings is 1. The van der Waals surface area contributed by atoms with Crippen LogP contribution in [-0.4, -0.2) is 30.4 Å². The highest BCUT2D eigenvalue weighted by atomic mass is 16.8. The lowest BCUT2D eigenvalue weighted by atomic mass is 10.1. The molecule has 0 aliphatic rings. The van der Waals surface area contributed by atoms with Crippen LogP contribution in [0.3, 0.4) is 0 Å². The van der Waals surface area contributed by atoms with Gasteiger partial charge >= 0.3 is 6.16 Å². The maximum absolute atomic E-state index is 11.6. The van der Waals surface area contributed by atoms with Crippen LogP contribution in [0.2, 0.25) is 0 Å². The lowest BCUT2D eigenvalue weighted by molar-refractivity contribution is 0.0953. The van der Waals surface area contributed by atoms with E-state index in [-0.39, 0.29) is 18.7 Å². The highest BCUT2D eigenvalue weighted by Crippen LogP contribution is 2.37. The van der Waals surface area contributed by atoms with Crippen molar-refractivity contribution in [2.75, 3.05) is 13.2 Å². The van der Waals surface area contributed by atoms with Gasteiger partial charge in [-0.15, -0.1) is 0 Å². The summed E-state index contributed by atoms with van der Waals surface area (Å²) in [6.45, 7) is 7.38. The predicted octanol–water partition coefficient (Wildman–Crippen LogP) is 4.62. The minimum Gasteiger partial charge on any atom is -0.490 e. The van der Waals surface area contributed by atoms with E-state index < -0.39 is 6.16 Å². The topological polar surface area (TPSA) is 82.8 Å². The van der Waals surface area contributed by atoms with Crippen LogP contribution in [-0.2, 0) is 11.3 Å². The lowest BCUT2D eigenvalue weighted by Crippen LogP contribution is -2.22. The first-order valence-electron chi connectivity index (χ1n) is 9.71. The van der Waals surface area contributed by atoms with Gasteiger partial charge in [-0.05, 0) is 57.5 Å². The zero-order valence-corrected chi connectivity index (χ0v) is 16.9. The van der Waals surface area contributed by atoms with Crippen molar-refractivity contribution in [3.8, 4) is 11.7 Å². The van der Waals surface area contributed by atoms with Gasteiger partial charge in [-0.2, -0.15) is 0 Å². The number of carbonyl (C=O) groups excluding carboxylic acids is 1. The van der Waals surface area contributed by atoms with Gasteiger partial charge in [-0.25, -0.2) is 4.79 Å². The molecule has 0 saturated carbocycles. The highest BCUT2D eigenvalue weighted by Gasteiger charge is 2.20. The molecule has 0 aliphatic heterocycles. The maximum Gasteiger partial charge on any atom is 0.516 e. The molecule has 0 bridgehead atoms.